The van der Waals surface area contributed by atoms with E-state index in [0.717, 1.165) is 34.6 Å². The average Bonchev–Trinajstić information content (AvgIpc) is 3.16. The maximum Gasteiger partial charge on any atom is 0.330 e. The smallest absolute Gasteiger partial charge is 0.330 e. The molecule has 3 rings (SSSR count). The van der Waals surface area contributed by atoms with Crippen LogP contribution in [0.3, 0.4) is 0 Å². The Hall–Kier alpha value is -2.46. The molecule has 0 aliphatic heterocycles. The van der Waals surface area contributed by atoms with Crippen molar-refractivity contribution in [3.05, 3.63) is 39.0 Å². The fourth-order valence-electron chi connectivity index (χ4n) is 3.55. The summed E-state index contributed by atoms with van der Waals surface area (Å²) in [5, 5.41) is 2.98. The van der Waals surface area contributed by atoms with E-state index in [1.165, 1.54) is 43.9 Å². The summed E-state index contributed by atoms with van der Waals surface area (Å²) >= 11 is 0. The average molecular weight is 408 g/mol. The van der Waals surface area contributed by atoms with Crippen LogP contribution in [0.5, 0.6) is 0 Å². The van der Waals surface area contributed by atoms with E-state index in [-0.39, 0.29) is 28.8 Å². The van der Waals surface area contributed by atoms with Crippen molar-refractivity contribution in [2.75, 3.05) is 13.6 Å². The first-order valence-corrected chi connectivity index (χ1v) is 10.5. The summed E-state index contributed by atoms with van der Waals surface area (Å²) < 4.78 is 28.9. The molecule has 1 N–H and O–H groups in total. The maximum absolute atomic E-state index is 12.9. The van der Waals surface area contributed by atoms with Crippen LogP contribution in [-0.2, 0) is 28.9 Å². The number of hydrogen-bond acceptors (Lipinski definition) is 5. The molecule has 2 aromatic rings. The second kappa shape index (κ2) is 7.51. The molecule has 9 nitrogen and oxygen atoms in total. The van der Waals surface area contributed by atoms with Crippen LogP contribution in [0.4, 0.5) is 0 Å². The van der Waals surface area contributed by atoms with Gasteiger partial charge in [-0.1, -0.05) is 12.8 Å². The number of carbonyl (C=O) groups is 1. The number of amides is 1. The Bertz CT molecular complexity index is 1140. The van der Waals surface area contributed by atoms with Gasteiger partial charge in [-0.3, -0.25) is 18.7 Å². The lowest BCUT2D eigenvalue weighted by molar-refractivity contribution is -0.121. The fourth-order valence-corrected chi connectivity index (χ4v) is 4.70. The predicted octanol–water partition coefficient (Wildman–Crippen LogP) is -0.0835. The molecule has 0 radical (unpaired) electrons. The van der Waals surface area contributed by atoms with Crippen LogP contribution in [0.2, 0.25) is 0 Å². The van der Waals surface area contributed by atoms with Crippen molar-refractivity contribution in [1.82, 2.24) is 18.8 Å². The highest BCUT2D eigenvalue weighted by Gasteiger charge is 2.25. The normalized spacial score (nSPS) is 15.4. The number of sulfonamides is 1. The molecular weight excluding hydrogens is 384 g/mol. The van der Waals surface area contributed by atoms with Crippen LogP contribution in [0.25, 0.3) is 10.9 Å². The lowest BCUT2D eigenvalue weighted by Crippen LogP contribution is -2.42. The minimum Gasteiger partial charge on any atom is -0.352 e. The van der Waals surface area contributed by atoms with E-state index in [9.17, 15) is 22.8 Å². The van der Waals surface area contributed by atoms with Gasteiger partial charge in [0.2, 0.25) is 15.9 Å². The number of aromatic nitrogens is 2. The molecule has 0 unspecified atom stereocenters. The second-order valence-corrected chi connectivity index (χ2v) is 9.24. The molecule has 1 aromatic heterocycles. The zero-order valence-electron chi connectivity index (χ0n) is 16.1. The molecule has 10 heteroatoms. The van der Waals surface area contributed by atoms with Crippen LogP contribution < -0.4 is 16.6 Å². The Balaban J connectivity index is 1.90. The monoisotopic (exact) mass is 408 g/mol. The number of aryl methyl sites for hydroxylation is 1. The number of rotatable bonds is 5. The predicted molar refractivity (Wildman–Crippen MR) is 105 cm³/mol. The Morgan fingerprint density at radius 1 is 1.18 bits per heavy atom. The highest BCUT2D eigenvalue weighted by Crippen LogP contribution is 2.19. The third kappa shape index (κ3) is 3.61. The molecule has 0 saturated heterocycles. The lowest BCUT2D eigenvalue weighted by Gasteiger charge is -2.19. The fraction of sp³-hybridized carbons (Fsp3) is 0.500. The van der Waals surface area contributed by atoms with E-state index in [4.69, 9.17) is 0 Å². The van der Waals surface area contributed by atoms with E-state index < -0.39 is 21.3 Å². The van der Waals surface area contributed by atoms with Gasteiger partial charge < -0.3 is 5.32 Å². The van der Waals surface area contributed by atoms with Crippen molar-refractivity contribution >= 4 is 26.8 Å². The minimum atomic E-state index is -3.97. The van der Waals surface area contributed by atoms with E-state index in [1.807, 2.05) is 0 Å². The lowest BCUT2D eigenvalue weighted by atomic mass is 10.2. The Morgan fingerprint density at radius 2 is 1.82 bits per heavy atom. The van der Waals surface area contributed by atoms with Crippen LogP contribution in [0.15, 0.2) is 32.7 Å². The summed E-state index contributed by atoms with van der Waals surface area (Å²) in [5.41, 5.74) is -0.723. The van der Waals surface area contributed by atoms with Gasteiger partial charge in [0.15, 0.2) is 0 Å². The van der Waals surface area contributed by atoms with Crippen LogP contribution in [-0.4, -0.2) is 47.4 Å². The first-order valence-electron chi connectivity index (χ1n) is 9.08. The third-order valence-electron chi connectivity index (χ3n) is 5.23. The van der Waals surface area contributed by atoms with Gasteiger partial charge in [-0.05, 0) is 31.0 Å². The van der Waals surface area contributed by atoms with Gasteiger partial charge in [0.1, 0.15) is 0 Å². The number of likely N-dealkylation sites (N-methyl/N-ethyl adjacent to an activating group) is 1. The molecule has 28 heavy (non-hydrogen) atoms. The first-order chi connectivity index (χ1) is 13.1. The van der Waals surface area contributed by atoms with Gasteiger partial charge in [-0.15, -0.1) is 0 Å². The number of carbonyl (C=O) groups excluding carboxylic acids is 1. The second-order valence-electron chi connectivity index (χ2n) is 7.19. The quantitative estimate of drug-likeness (QED) is 0.744. The van der Waals surface area contributed by atoms with E-state index in [1.54, 1.807) is 0 Å². The number of fused-ring (bicyclic) bond motifs is 1. The summed E-state index contributed by atoms with van der Waals surface area (Å²) in [6, 6.07) is 4.12. The van der Waals surface area contributed by atoms with Crippen LogP contribution in [0.1, 0.15) is 25.7 Å². The number of benzene rings is 1. The van der Waals surface area contributed by atoms with Gasteiger partial charge in [-0.2, -0.15) is 4.31 Å². The van der Waals surface area contributed by atoms with Crippen molar-refractivity contribution in [3.63, 3.8) is 0 Å². The molecule has 0 spiro atoms. The summed E-state index contributed by atoms with van der Waals surface area (Å²) in [4.78, 5) is 36.5. The zero-order valence-corrected chi connectivity index (χ0v) is 17.0. The molecule has 1 aromatic carbocycles. The summed E-state index contributed by atoms with van der Waals surface area (Å²) in [5.74, 6) is -0.350. The third-order valence-corrected chi connectivity index (χ3v) is 7.03. The molecule has 1 aliphatic rings. The van der Waals surface area contributed by atoms with Crippen molar-refractivity contribution in [3.8, 4) is 0 Å². The SMILES string of the molecule is CN(CC(=O)NC1CCCC1)S(=O)(=O)c1ccc2c(c1)c(=O)n(C)c(=O)n2C. The summed E-state index contributed by atoms with van der Waals surface area (Å²) in [6.07, 6.45) is 3.95. The van der Waals surface area contributed by atoms with E-state index >= 15 is 0 Å². The Labute approximate surface area is 162 Å². The Kier molecular flexibility index (Phi) is 5.44. The highest BCUT2D eigenvalue weighted by molar-refractivity contribution is 7.89. The van der Waals surface area contributed by atoms with Crippen molar-refractivity contribution in [1.29, 1.82) is 0 Å². The molecule has 1 amide bonds. The highest BCUT2D eigenvalue weighted by atomic mass is 32.2. The molecule has 152 valence electrons. The molecule has 1 heterocycles. The topological polar surface area (TPSA) is 110 Å². The van der Waals surface area contributed by atoms with Crippen molar-refractivity contribution in [2.24, 2.45) is 14.1 Å². The van der Waals surface area contributed by atoms with Gasteiger partial charge in [0, 0.05) is 27.2 Å². The number of hydrogen-bond donors (Lipinski definition) is 1. The molecule has 1 fully saturated rings. The summed E-state index contributed by atoms with van der Waals surface area (Å²) in [6.45, 7) is -0.303. The van der Waals surface area contributed by atoms with Crippen molar-refractivity contribution < 1.29 is 13.2 Å². The van der Waals surface area contributed by atoms with E-state index in [0.29, 0.717) is 5.52 Å². The largest absolute Gasteiger partial charge is 0.352 e. The van der Waals surface area contributed by atoms with Gasteiger partial charge in [-0.25, -0.2) is 13.2 Å². The maximum atomic E-state index is 12.9. The molecule has 1 aliphatic carbocycles. The molecular formula is C18H24N4O5S. The molecule has 0 bridgehead atoms. The molecule has 1 saturated carbocycles. The number of nitrogens with zero attached hydrogens (tertiary/aromatic N) is 3. The van der Waals surface area contributed by atoms with Gasteiger partial charge in [0.25, 0.3) is 5.56 Å². The Morgan fingerprint density at radius 3 is 2.46 bits per heavy atom. The van der Waals surface area contributed by atoms with Crippen molar-refractivity contribution in [2.45, 2.75) is 36.6 Å². The van der Waals surface area contributed by atoms with Gasteiger partial charge in [0.05, 0.1) is 22.3 Å². The van der Waals surface area contributed by atoms with Crippen LogP contribution >= 0.6 is 0 Å². The standard InChI is InChI=1S/C18H24N4O5S/c1-20(11-16(23)19-12-6-4-5-7-12)28(26,27)13-8-9-15-14(10-13)17(24)22(3)18(25)21(15)2/h8-10,12H,4-7,11H2,1-3H3,(H,19,23). The minimum absolute atomic E-state index is 0.105. The summed E-state index contributed by atoms with van der Waals surface area (Å²) in [7, 11) is 0.201. The molecule has 0 atom stereocenters. The van der Waals surface area contributed by atoms with E-state index in [2.05, 4.69) is 5.32 Å². The zero-order chi connectivity index (χ0) is 20.6. The van der Waals surface area contributed by atoms with Gasteiger partial charge >= 0.3 is 5.69 Å². The van der Waals surface area contributed by atoms with Crippen LogP contribution in [0, 0.1) is 0 Å². The first kappa shape index (κ1) is 20.3. The number of nitrogens with one attached hydrogen (secondary N) is 1.